The summed E-state index contributed by atoms with van der Waals surface area (Å²) in [6, 6.07) is 6.79. The first-order chi connectivity index (χ1) is 8.79. The Hall–Kier alpha value is -0.900. The second kappa shape index (κ2) is 6.88. The summed E-state index contributed by atoms with van der Waals surface area (Å²) in [5.41, 5.74) is 4.39. The number of rotatable bonds is 7. The van der Waals surface area contributed by atoms with Crippen LogP contribution in [0.5, 0.6) is 0 Å². The van der Waals surface area contributed by atoms with E-state index in [9.17, 15) is 5.11 Å². The van der Waals surface area contributed by atoms with Gasteiger partial charge in [-0.15, -0.1) is 0 Å². The van der Waals surface area contributed by atoms with Crippen LogP contribution in [0, 0.1) is 0 Å². The normalized spacial score (nSPS) is 15.7. The minimum atomic E-state index is -0.359. The molecule has 0 heterocycles. The van der Waals surface area contributed by atoms with Crippen molar-refractivity contribution in [1.82, 2.24) is 5.32 Å². The van der Waals surface area contributed by atoms with Gasteiger partial charge in [-0.3, -0.25) is 0 Å². The topological polar surface area (TPSA) is 41.5 Å². The Balaban J connectivity index is 1.70. The van der Waals surface area contributed by atoms with Gasteiger partial charge in [-0.25, -0.2) is 0 Å². The zero-order valence-corrected chi connectivity index (χ0v) is 11.1. The zero-order chi connectivity index (χ0) is 12.8. The van der Waals surface area contributed by atoms with Crippen molar-refractivity contribution in [1.29, 1.82) is 0 Å². The number of ether oxygens (including phenoxy) is 1. The van der Waals surface area contributed by atoms with Crippen LogP contribution in [-0.4, -0.2) is 31.5 Å². The Kier molecular flexibility index (Phi) is 5.17. The third-order valence-electron chi connectivity index (χ3n) is 3.51. The molecule has 1 aliphatic rings. The Morgan fingerprint density at radius 2 is 2.17 bits per heavy atom. The lowest BCUT2D eigenvalue weighted by Crippen LogP contribution is -2.23. The molecule has 18 heavy (non-hydrogen) atoms. The predicted molar refractivity (Wildman–Crippen MR) is 72.7 cm³/mol. The quantitative estimate of drug-likeness (QED) is 0.722. The van der Waals surface area contributed by atoms with Crippen LogP contribution in [0.4, 0.5) is 0 Å². The highest BCUT2D eigenvalue weighted by Gasteiger charge is 2.10. The summed E-state index contributed by atoms with van der Waals surface area (Å²) in [7, 11) is 1.61. The number of benzene rings is 1. The number of hydrogen-bond donors (Lipinski definition) is 2. The molecule has 0 aromatic heterocycles. The van der Waals surface area contributed by atoms with E-state index in [1.165, 1.54) is 36.0 Å². The van der Waals surface area contributed by atoms with Crippen molar-refractivity contribution in [2.75, 3.05) is 20.3 Å². The van der Waals surface area contributed by atoms with Gasteiger partial charge < -0.3 is 15.2 Å². The van der Waals surface area contributed by atoms with Gasteiger partial charge in [-0.05, 0) is 48.9 Å². The summed E-state index contributed by atoms with van der Waals surface area (Å²) in [5.74, 6) is 0. The first-order valence-electron chi connectivity index (χ1n) is 6.78. The SMILES string of the molecule is COCC(O)CCNCc1ccc2c(c1)CCC2. The largest absolute Gasteiger partial charge is 0.391 e. The lowest BCUT2D eigenvalue weighted by atomic mass is 10.1. The molecule has 0 spiro atoms. The molecule has 1 unspecified atom stereocenters. The number of hydrogen-bond acceptors (Lipinski definition) is 3. The van der Waals surface area contributed by atoms with Gasteiger partial charge in [0.05, 0.1) is 12.7 Å². The van der Waals surface area contributed by atoms with E-state index >= 15 is 0 Å². The summed E-state index contributed by atoms with van der Waals surface area (Å²) in [6.45, 7) is 2.12. The molecule has 1 aromatic carbocycles. The van der Waals surface area contributed by atoms with Gasteiger partial charge in [-0.1, -0.05) is 18.2 Å². The van der Waals surface area contributed by atoms with Crippen LogP contribution in [-0.2, 0) is 24.1 Å². The van der Waals surface area contributed by atoms with Crippen molar-refractivity contribution in [3.63, 3.8) is 0 Å². The van der Waals surface area contributed by atoms with Crippen molar-refractivity contribution in [2.24, 2.45) is 0 Å². The van der Waals surface area contributed by atoms with E-state index in [2.05, 4.69) is 23.5 Å². The molecule has 0 saturated carbocycles. The van der Waals surface area contributed by atoms with E-state index < -0.39 is 0 Å². The average Bonchev–Trinajstić information content (AvgIpc) is 2.82. The molecule has 2 N–H and O–H groups in total. The lowest BCUT2D eigenvalue weighted by Gasteiger charge is -2.10. The van der Waals surface area contributed by atoms with Crippen LogP contribution >= 0.6 is 0 Å². The zero-order valence-electron chi connectivity index (χ0n) is 11.1. The fourth-order valence-corrected chi connectivity index (χ4v) is 2.51. The third-order valence-corrected chi connectivity index (χ3v) is 3.51. The first-order valence-corrected chi connectivity index (χ1v) is 6.78. The Morgan fingerprint density at radius 1 is 1.33 bits per heavy atom. The fraction of sp³-hybridized carbons (Fsp3) is 0.600. The maximum atomic E-state index is 9.51. The number of methoxy groups -OCH3 is 1. The van der Waals surface area contributed by atoms with Gasteiger partial charge in [0.25, 0.3) is 0 Å². The number of aryl methyl sites for hydroxylation is 2. The van der Waals surface area contributed by atoms with E-state index in [-0.39, 0.29) is 6.10 Å². The molecular formula is C15H23NO2. The van der Waals surface area contributed by atoms with E-state index in [1.54, 1.807) is 7.11 Å². The van der Waals surface area contributed by atoms with Gasteiger partial charge in [0.1, 0.15) is 0 Å². The molecular weight excluding hydrogens is 226 g/mol. The molecule has 1 aliphatic carbocycles. The molecule has 0 aliphatic heterocycles. The van der Waals surface area contributed by atoms with E-state index in [1.807, 2.05) is 0 Å². The Morgan fingerprint density at radius 3 is 3.00 bits per heavy atom. The second-order valence-electron chi connectivity index (χ2n) is 5.03. The summed E-state index contributed by atoms with van der Waals surface area (Å²) >= 11 is 0. The highest BCUT2D eigenvalue weighted by atomic mass is 16.5. The van der Waals surface area contributed by atoms with Gasteiger partial charge >= 0.3 is 0 Å². The number of aliphatic hydroxyl groups excluding tert-OH is 1. The van der Waals surface area contributed by atoms with Crippen molar-refractivity contribution >= 4 is 0 Å². The van der Waals surface area contributed by atoms with Crippen LogP contribution < -0.4 is 5.32 Å². The van der Waals surface area contributed by atoms with E-state index in [0.29, 0.717) is 6.61 Å². The molecule has 0 fully saturated rings. The van der Waals surface area contributed by atoms with Crippen molar-refractivity contribution in [2.45, 2.75) is 38.3 Å². The van der Waals surface area contributed by atoms with Crippen LogP contribution in [0.3, 0.4) is 0 Å². The summed E-state index contributed by atoms with van der Waals surface area (Å²) in [4.78, 5) is 0. The lowest BCUT2D eigenvalue weighted by molar-refractivity contribution is 0.0594. The van der Waals surface area contributed by atoms with Crippen molar-refractivity contribution in [3.8, 4) is 0 Å². The fourth-order valence-electron chi connectivity index (χ4n) is 2.51. The minimum Gasteiger partial charge on any atom is -0.391 e. The van der Waals surface area contributed by atoms with Gasteiger partial charge in [-0.2, -0.15) is 0 Å². The molecule has 2 rings (SSSR count). The summed E-state index contributed by atoms with van der Waals surface area (Å²) < 4.78 is 4.89. The molecule has 0 radical (unpaired) electrons. The standard InChI is InChI=1S/C15H23NO2/c1-18-11-15(17)7-8-16-10-12-5-6-13-3-2-4-14(13)9-12/h5-6,9,15-17H,2-4,7-8,10-11H2,1H3. The Bertz CT molecular complexity index is 379. The van der Waals surface area contributed by atoms with Crippen molar-refractivity contribution < 1.29 is 9.84 Å². The second-order valence-corrected chi connectivity index (χ2v) is 5.03. The predicted octanol–water partition coefficient (Wildman–Crippen LogP) is 1.66. The maximum absolute atomic E-state index is 9.51. The van der Waals surface area contributed by atoms with Crippen LogP contribution in [0.1, 0.15) is 29.5 Å². The smallest absolute Gasteiger partial charge is 0.0785 e. The van der Waals surface area contributed by atoms with Crippen LogP contribution in [0.25, 0.3) is 0 Å². The first kappa shape index (κ1) is 13.5. The molecule has 1 aromatic rings. The van der Waals surface area contributed by atoms with Crippen molar-refractivity contribution in [3.05, 3.63) is 34.9 Å². The summed E-state index contributed by atoms with van der Waals surface area (Å²) in [5, 5.41) is 12.9. The van der Waals surface area contributed by atoms with Crippen LogP contribution in [0.15, 0.2) is 18.2 Å². The monoisotopic (exact) mass is 249 g/mol. The molecule has 0 amide bonds. The highest BCUT2D eigenvalue weighted by Crippen LogP contribution is 2.22. The molecule has 0 bridgehead atoms. The molecule has 1 atom stereocenters. The molecule has 3 heteroatoms. The van der Waals surface area contributed by atoms with Gasteiger partial charge in [0.15, 0.2) is 0 Å². The van der Waals surface area contributed by atoms with E-state index in [4.69, 9.17) is 4.74 Å². The number of aliphatic hydroxyl groups is 1. The van der Waals surface area contributed by atoms with Crippen LogP contribution in [0.2, 0.25) is 0 Å². The Labute approximate surface area is 109 Å². The van der Waals surface area contributed by atoms with E-state index in [0.717, 1.165) is 19.5 Å². The summed E-state index contributed by atoms with van der Waals surface area (Å²) in [6.07, 6.45) is 4.15. The average molecular weight is 249 g/mol. The number of fused-ring (bicyclic) bond motifs is 1. The number of nitrogens with one attached hydrogen (secondary N) is 1. The minimum absolute atomic E-state index is 0.359. The molecule has 0 saturated heterocycles. The molecule has 100 valence electrons. The van der Waals surface area contributed by atoms with Gasteiger partial charge in [0.2, 0.25) is 0 Å². The third kappa shape index (κ3) is 3.80. The molecule has 3 nitrogen and oxygen atoms in total. The van der Waals surface area contributed by atoms with Gasteiger partial charge in [0, 0.05) is 13.7 Å². The maximum Gasteiger partial charge on any atom is 0.0785 e. The highest BCUT2D eigenvalue weighted by molar-refractivity contribution is 5.35.